The zero-order valence-electron chi connectivity index (χ0n) is 13.7. The second-order valence-electron chi connectivity index (χ2n) is 6.57. The van der Waals surface area contributed by atoms with Crippen LogP contribution >= 0.6 is 0 Å². The molecule has 1 aliphatic carbocycles. The minimum Gasteiger partial charge on any atom is -0.342 e. The highest BCUT2D eigenvalue weighted by Gasteiger charge is 2.38. The van der Waals surface area contributed by atoms with Crippen molar-refractivity contribution >= 4 is 15.9 Å². The van der Waals surface area contributed by atoms with Crippen LogP contribution in [-0.2, 0) is 27.7 Å². The highest BCUT2D eigenvalue weighted by Crippen LogP contribution is 2.34. The fourth-order valence-corrected chi connectivity index (χ4v) is 4.66. The summed E-state index contributed by atoms with van der Waals surface area (Å²) in [6, 6.07) is 5.47. The zero-order valence-corrected chi connectivity index (χ0v) is 14.5. The highest BCUT2D eigenvalue weighted by atomic mass is 32.2. The van der Waals surface area contributed by atoms with E-state index in [0.29, 0.717) is 30.3 Å². The Kier molecular flexibility index (Phi) is 4.47. The Morgan fingerprint density at radius 2 is 1.96 bits per heavy atom. The van der Waals surface area contributed by atoms with Crippen molar-refractivity contribution in [3.05, 3.63) is 29.3 Å². The van der Waals surface area contributed by atoms with Crippen molar-refractivity contribution in [1.29, 1.82) is 0 Å². The van der Waals surface area contributed by atoms with E-state index in [0.717, 1.165) is 30.4 Å². The van der Waals surface area contributed by atoms with E-state index in [1.807, 2.05) is 11.0 Å². The molecule has 1 amide bonds. The molecular formula is C17H24N2O3S. The third-order valence-corrected chi connectivity index (χ3v) is 6.48. The van der Waals surface area contributed by atoms with E-state index in [4.69, 9.17) is 0 Å². The van der Waals surface area contributed by atoms with E-state index in [1.54, 1.807) is 19.1 Å². The molecule has 2 aliphatic rings. The average Bonchev–Trinajstić information content (AvgIpc) is 3.27. The molecular weight excluding hydrogens is 312 g/mol. The van der Waals surface area contributed by atoms with E-state index < -0.39 is 10.0 Å². The lowest BCUT2D eigenvalue weighted by molar-refractivity contribution is -0.128. The molecule has 1 heterocycles. The maximum Gasteiger partial charge on any atom is 0.240 e. The third kappa shape index (κ3) is 3.58. The minimum absolute atomic E-state index is 0.0756. The first-order valence-corrected chi connectivity index (χ1v) is 9.78. The first kappa shape index (κ1) is 16.5. The van der Waals surface area contributed by atoms with Crippen molar-refractivity contribution in [3.63, 3.8) is 0 Å². The van der Waals surface area contributed by atoms with Gasteiger partial charge < -0.3 is 4.90 Å². The Balaban J connectivity index is 1.77. The van der Waals surface area contributed by atoms with Gasteiger partial charge in [-0.2, -0.15) is 0 Å². The lowest BCUT2D eigenvalue weighted by atomic mass is 10.0. The van der Waals surface area contributed by atoms with Crippen molar-refractivity contribution in [2.24, 2.45) is 5.92 Å². The number of carbonyl (C=O) groups is 1. The van der Waals surface area contributed by atoms with Gasteiger partial charge in [-0.05, 0) is 48.4 Å². The van der Waals surface area contributed by atoms with Crippen LogP contribution in [0.4, 0.5) is 0 Å². The topological polar surface area (TPSA) is 66.5 Å². The van der Waals surface area contributed by atoms with Crippen LogP contribution in [0.2, 0.25) is 0 Å². The molecule has 23 heavy (non-hydrogen) atoms. The summed E-state index contributed by atoms with van der Waals surface area (Å²) in [5.74, 6) is 0.557. The standard InChI is InChI=1S/C17H24N2O3S/c1-3-13-11-17(13)18-23(21,22)16-5-4-14-6-8-19(12(2)20)9-7-15(14)10-16/h4-5,10,13,17-18H,3,6-9,11H2,1-2H3/t13-,17-/m1/s1. The molecule has 0 saturated heterocycles. The number of hydrogen-bond donors (Lipinski definition) is 1. The van der Waals surface area contributed by atoms with E-state index in [1.165, 1.54) is 0 Å². The van der Waals surface area contributed by atoms with Crippen molar-refractivity contribution in [1.82, 2.24) is 9.62 Å². The molecule has 3 rings (SSSR count). The van der Waals surface area contributed by atoms with E-state index in [2.05, 4.69) is 11.6 Å². The number of carbonyl (C=O) groups excluding carboxylic acids is 1. The molecule has 1 aromatic rings. The van der Waals surface area contributed by atoms with Gasteiger partial charge in [0.1, 0.15) is 0 Å². The number of rotatable bonds is 4. The Morgan fingerprint density at radius 3 is 2.57 bits per heavy atom. The fourth-order valence-electron chi connectivity index (χ4n) is 3.29. The summed E-state index contributed by atoms with van der Waals surface area (Å²) in [7, 11) is -3.45. The zero-order chi connectivity index (χ0) is 16.6. The summed E-state index contributed by atoms with van der Waals surface area (Å²) in [4.78, 5) is 13.7. The predicted molar refractivity (Wildman–Crippen MR) is 88.6 cm³/mol. The van der Waals surface area contributed by atoms with E-state index in [9.17, 15) is 13.2 Å². The van der Waals surface area contributed by atoms with Crippen LogP contribution in [0, 0.1) is 5.92 Å². The Bertz CT molecular complexity index is 715. The van der Waals surface area contributed by atoms with E-state index >= 15 is 0 Å². The maximum absolute atomic E-state index is 12.5. The molecule has 1 saturated carbocycles. The summed E-state index contributed by atoms with van der Waals surface area (Å²) < 4.78 is 27.8. The smallest absolute Gasteiger partial charge is 0.240 e. The largest absolute Gasteiger partial charge is 0.342 e. The highest BCUT2D eigenvalue weighted by molar-refractivity contribution is 7.89. The SMILES string of the molecule is CC[C@@H]1C[C@H]1NS(=O)(=O)c1ccc2c(c1)CCN(C(C)=O)CC2. The molecule has 1 N–H and O–H groups in total. The Morgan fingerprint density at radius 1 is 1.26 bits per heavy atom. The number of amides is 1. The summed E-state index contributed by atoms with van der Waals surface area (Å²) in [6.45, 7) is 5.02. The number of nitrogens with one attached hydrogen (secondary N) is 1. The van der Waals surface area contributed by atoms with Crippen LogP contribution in [-0.4, -0.2) is 38.4 Å². The van der Waals surface area contributed by atoms with Crippen LogP contribution in [0.25, 0.3) is 0 Å². The lowest BCUT2D eigenvalue weighted by Gasteiger charge is -2.17. The fraction of sp³-hybridized carbons (Fsp3) is 0.588. The average molecular weight is 336 g/mol. The summed E-state index contributed by atoms with van der Waals surface area (Å²) in [5, 5.41) is 0. The number of hydrogen-bond acceptors (Lipinski definition) is 3. The van der Waals surface area contributed by atoms with Crippen LogP contribution < -0.4 is 4.72 Å². The van der Waals surface area contributed by atoms with Gasteiger partial charge in [0.05, 0.1) is 4.90 Å². The van der Waals surface area contributed by atoms with Crippen LogP contribution in [0.15, 0.2) is 23.1 Å². The van der Waals surface area contributed by atoms with Gasteiger partial charge in [-0.25, -0.2) is 13.1 Å². The molecule has 0 unspecified atom stereocenters. The van der Waals surface area contributed by atoms with Crippen molar-refractivity contribution in [2.75, 3.05) is 13.1 Å². The second kappa shape index (κ2) is 6.24. The summed E-state index contributed by atoms with van der Waals surface area (Å²) in [5.41, 5.74) is 2.19. The van der Waals surface area contributed by atoms with Crippen LogP contribution in [0.1, 0.15) is 37.8 Å². The number of benzene rings is 1. The molecule has 0 aromatic heterocycles. The van der Waals surface area contributed by atoms with Crippen molar-refractivity contribution in [2.45, 2.75) is 50.5 Å². The molecule has 5 nitrogen and oxygen atoms in total. The Hall–Kier alpha value is -1.40. The van der Waals surface area contributed by atoms with Gasteiger partial charge in [-0.15, -0.1) is 0 Å². The molecule has 0 spiro atoms. The molecule has 126 valence electrons. The van der Waals surface area contributed by atoms with Crippen molar-refractivity contribution in [3.8, 4) is 0 Å². The number of fused-ring (bicyclic) bond motifs is 1. The first-order valence-electron chi connectivity index (χ1n) is 8.30. The Labute approximate surface area is 138 Å². The number of nitrogens with zero attached hydrogens (tertiary/aromatic N) is 1. The van der Waals surface area contributed by atoms with Gasteiger partial charge in [-0.3, -0.25) is 4.79 Å². The molecule has 6 heteroatoms. The van der Waals surface area contributed by atoms with Crippen LogP contribution in [0.5, 0.6) is 0 Å². The molecule has 1 fully saturated rings. The van der Waals surface area contributed by atoms with Gasteiger partial charge in [0.25, 0.3) is 0 Å². The second-order valence-corrected chi connectivity index (χ2v) is 8.28. The lowest BCUT2D eigenvalue weighted by Crippen LogP contribution is -2.30. The van der Waals surface area contributed by atoms with Gasteiger partial charge in [0, 0.05) is 26.1 Å². The summed E-state index contributed by atoms with van der Waals surface area (Å²) in [6.07, 6.45) is 3.44. The quantitative estimate of drug-likeness (QED) is 0.910. The van der Waals surface area contributed by atoms with E-state index in [-0.39, 0.29) is 11.9 Å². The molecule has 1 aromatic carbocycles. The van der Waals surface area contributed by atoms with Gasteiger partial charge >= 0.3 is 0 Å². The maximum atomic E-state index is 12.5. The molecule has 0 radical (unpaired) electrons. The number of sulfonamides is 1. The monoisotopic (exact) mass is 336 g/mol. The summed E-state index contributed by atoms with van der Waals surface area (Å²) >= 11 is 0. The minimum atomic E-state index is -3.45. The molecule has 0 bridgehead atoms. The third-order valence-electron chi connectivity index (χ3n) is 4.99. The van der Waals surface area contributed by atoms with Crippen molar-refractivity contribution < 1.29 is 13.2 Å². The predicted octanol–water partition coefficient (Wildman–Crippen LogP) is 1.71. The van der Waals surface area contributed by atoms with Gasteiger partial charge in [0.15, 0.2) is 0 Å². The molecule has 2 atom stereocenters. The first-order chi connectivity index (χ1) is 10.9. The van der Waals surface area contributed by atoms with Gasteiger partial charge in [-0.1, -0.05) is 19.4 Å². The van der Waals surface area contributed by atoms with Gasteiger partial charge in [0.2, 0.25) is 15.9 Å². The molecule has 1 aliphatic heterocycles. The normalized spacial score (nSPS) is 24.0. The van der Waals surface area contributed by atoms with Crippen LogP contribution in [0.3, 0.4) is 0 Å².